The number of methoxy groups -OCH3 is 1. The van der Waals surface area contributed by atoms with Gasteiger partial charge < -0.3 is 14.7 Å². The minimum absolute atomic E-state index is 0.00381. The van der Waals surface area contributed by atoms with Crippen molar-refractivity contribution in [1.29, 1.82) is 0 Å². The normalized spacial score (nSPS) is 19.8. The molecule has 1 aliphatic rings. The standard InChI is InChI=1S/C17H20N4O4/c1-25-13-4-2-11(3-5-13)6-16(22)21-9-12(7-17(23)24)14(10-21)15-8-18-20-19-15/h2-5,8,12,14H,6-7,9-10H2,1H3,(H,23,24)(H,18,19,20). The number of aliphatic carboxylic acids is 1. The summed E-state index contributed by atoms with van der Waals surface area (Å²) in [5.41, 5.74) is 1.59. The van der Waals surface area contributed by atoms with Crippen LogP contribution in [0.1, 0.15) is 23.6 Å². The summed E-state index contributed by atoms with van der Waals surface area (Å²) in [5, 5.41) is 19.6. The number of amides is 1. The van der Waals surface area contributed by atoms with E-state index in [2.05, 4.69) is 15.4 Å². The van der Waals surface area contributed by atoms with Crippen molar-refractivity contribution < 1.29 is 19.4 Å². The fraction of sp³-hybridized carbons (Fsp3) is 0.412. The molecular weight excluding hydrogens is 324 g/mol. The minimum Gasteiger partial charge on any atom is -0.497 e. The molecule has 1 aliphatic heterocycles. The number of rotatable bonds is 6. The molecule has 1 saturated heterocycles. The van der Waals surface area contributed by atoms with Gasteiger partial charge in [0, 0.05) is 19.0 Å². The molecule has 2 atom stereocenters. The first-order valence-electron chi connectivity index (χ1n) is 8.05. The van der Waals surface area contributed by atoms with Gasteiger partial charge in [-0.1, -0.05) is 12.1 Å². The number of likely N-dealkylation sites (tertiary alicyclic amines) is 1. The van der Waals surface area contributed by atoms with Crippen molar-refractivity contribution in [3.05, 3.63) is 41.7 Å². The molecule has 1 aromatic carbocycles. The van der Waals surface area contributed by atoms with Crippen molar-refractivity contribution in [2.24, 2.45) is 5.92 Å². The van der Waals surface area contributed by atoms with Crippen molar-refractivity contribution in [3.8, 4) is 5.75 Å². The van der Waals surface area contributed by atoms with Gasteiger partial charge >= 0.3 is 5.97 Å². The highest BCUT2D eigenvalue weighted by molar-refractivity contribution is 5.79. The van der Waals surface area contributed by atoms with Gasteiger partial charge in [0.25, 0.3) is 0 Å². The van der Waals surface area contributed by atoms with Crippen molar-refractivity contribution in [1.82, 2.24) is 20.3 Å². The van der Waals surface area contributed by atoms with E-state index in [1.54, 1.807) is 18.2 Å². The molecule has 1 aromatic heterocycles. The number of carboxylic acids is 1. The zero-order valence-corrected chi connectivity index (χ0v) is 13.9. The first-order chi connectivity index (χ1) is 12.1. The van der Waals surface area contributed by atoms with Crippen LogP contribution in [0, 0.1) is 5.92 Å². The molecule has 2 N–H and O–H groups in total. The van der Waals surface area contributed by atoms with E-state index in [1.165, 1.54) is 0 Å². The molecule has 8 heteroatoms. The lowest BCUT2D eigenvalue weighted by Crippen LogP contribution is -2.30. The van der Waals surface area contributed by atoms with E-state index in [0.717, 1.165) is 11.3 Å². The topological polar surface area (TPSA) is 108 Å². The Morgan fingerprint density at radius 3 is 2.68 bits per heavy atom. The van der Waals surface area contributed by atoms with Crippen LogP contribution in [0.3, 0.4) is 0 Å². The van der Waals surface area contributed by atoms with Crippen LogP contribution in [0.5, 0.6) is 5.75 Å². The molecule has 2 heterocycles. The number of aromatic amines is 1. The zero-order chi connectivity index (χ0) is 17.8. The van der Waals surface area contributed by atoms with Gasteiger partial charge in [-0.3, -0.25) is 9.59 Å². The van der Waals surface area contributed by atoms with Crippen LogP contribution < -0.4 is 4.74 Å². The molecule has 1 fully saturated rings. The fourth-order valence-electron chi connectivity index (χ4n) is 3.26. The van der Waals surface area contributed by atoms with Crippen molar-refractivity contribution >= 4 is 11.9 Å². The second-order valence-corrected chi connectivity index (χ2v) is 6.18. The highest BCUT2D eigenvalue weighted by atomic mass is 16.5. The van der Waals surface area contributed by atoms with Gasteiger partial charge in [-0.05, 0) is 23.6 Å². The second-order valence-electron chi connectivity index (χ2n) is 6.18. The van der Waals surface area contributed by atoms with Crippen LogP contribution >= 0.6 is 0 Å². The van der Waals surface area contributed by atoms with Crippen molar-refractivity contribution in [2.75, 3.05) is 20.2 Å². The number of H-pyrrole nitrogens is 1. The Kier molecular flexibility index (Phi) is 4.97. The smallest absolute Gasteiger partial charge is 0.303 e. The van der Waals surface area contributed by atoms with Gasteiger partial charge in [-0.2, -0.15) is 15.4 Å². The number of carbonyl (C=O) groups is 2. The predicted octanol–water partition coefficient (Wildman–Crippen LogP) is 1.07. The van der Waals surface area contributed by atoms with Crippen molar-refractivity contribution in [3.63, 3.8) is 0 Å². The highest BCUT2D eigenvalue weighted by Crippen LogP contribution is 2.33. The third-order valence-corrected chi connectivity index (χ3v) is 4.56. The Hall–Kier alpha value is -2.90. The number of nitrogens with zero attached hydrogens (tertiary/aromatic N) is 3. The van der Waals surface area contributed by atoms with Gasteiger partial charge in [0.15, 0.2) is 0 Å². The highest BCUT2D eigenvalue weighted by Gasteiger charge is 2.38. The van der Waals surface area contributed by atoms with E-state index in [9.17, 15) is 9.59 Å². The summed E-state index contributed by atoms with van der Waals surface area (Å²) in [5.74, 6) is -0.434. The molecule has 25 heavy (non-hydrogen) atoms. The van der Waals surface area contributed by atoms with Crippen LogP contribution in [0.15, 0.2) is 30.5 Å². The Bertz CT molecular complexity index is 730. The van der Waals surface area contributed by atoms with Crippen molar-refractivity contribution in [2.45, 2.75) is 18.8 Å². The van der Waals surface area contributed by atoms with Gasteiger partial charge in [0.05, 0.1) is 31.8 Å². The second kappa shape index (κ2) is 7.33. The summed E-state index contributed by atoms with van der Waals surface area (Å²) in [6.07, 6.45) is 1.87. The van der Waals surface area contributed by atoms with E-state index in [-0.39, 0.29) is 30.6 Å². The maximum Gasteiger partial charge on any atom is 0.303 e. The SMILES string of the molecule is COc1ccc(CC(=O)N2CC(CC(=O)O)C(c3cn[nH]n3)C2)cc1. The van der Waals surface area contributed by atoms with Gasteiger partial charge in [0.1, 0.15) is 5.75 Å². The Morgan fingerprint density at radius 1 is 1.32 bits per heavy atom. The fourth-order valence-corrected chi connectivity index (χ4v) is 3.26. The number of aromatic nitrogens is 3. The summed E-state index contributed by atoms with van der Waals surface area (Å²) >= 11 is 0. The monoisotopic (exact) mass is 344 g/mol. The Morgan fingerprint density at radius 2 is 2.08 bits per heavy atom. The number of carbonyl (C=O) groups excluding carboxylic acids is 1. The van der Waals surface area contributed by atoms with Crippen LogP contribution in [-0.4, -0.2) is 57.5 Å². The number of benzene rings is 1. The van der Waals surface area contributed by atoms with E-state index < -0.39 is 5.97 Å². The molecule has 2 unspecified atom stereocenters. The molecule has 2 aromatic rings. The zero-order valence-electron chi connectivity index (χ0n) is 13.9. The summed E-state index contributed by atoms with van der Waals surface area (Å²) in [6, 6.07) is 7.35. The molecule has 132 valence electrons. The lowest BCUT2D eigenvalue weighted by atomic mass is 9.91. The van der Waals surface area contributed by atoms with E-state index in [4.69, 9.17) is 9.84 Å². The summed E-state index contributed by atoms with van der Waals surface area (Å²) in [6.45, 7) is 0.873. The number of carboxylic acid groups (broad SMARTS) is 1. The van der Waals surface area contributed by atoms with E-state index >= 15 is 0 Å². The third kappa shape index (κ3) is 3.96. The molecule has 0 bridgehead atoms. The first kappa shape index (κ1) is 16.9. The molecule has 0 saturated carbocycles. The summed E-state index contributed by atoms with van der Waals surface area (Å²) < 4.78 is 5.11. The van der Waals surface area contributed by atoms with Gasteiger partial charge in [0.2, 0.25) is 5.91 Å². The molecule has 0 radical (unpaired) electrons. The average molecular weight is 344 g/mol. The lowest BCUT2D eigenvalue weighted by molar-refractivity contribution is -0.138. The Balaban J connectivity index is 1.69. The van der Waals surface area contributed by atoms with Gasteiger partial charge in [-0.15, -0.1) is 0 Å². The predicted molar refractivity (Wildman–Crippen MR) is 88.1 cm³/mol. The Labute approximate surface area is 144 Å². The van der Waals surface area contributed by atoms with Gasteiger partial charge in [-0.25, -0.2) is 0 Å². The quantitative estimate of drug-likeness (QED) is 0.811. The molecular formula is C17H20N4O4. The molecule has 0 aliphatic carbocycles. The maximum atomic E-state index is 12.6. The van der Waals surface area contributed by atoms with E-state index in [1.807, 2.05) is 24.3 Å². The molecule has 0 spiro atoms. The number of nitrogens with one attached hydrogen (secondary N) is 1. The molecule has 1 amide bonds. The number of hydrogen-bond acceptors (Lipinski definition) is 5. The van der Waals surface area contributed by atoms with Crippen LogP contribution in [0.2, 0.25) is 0 Å². The van der Waals surface area contributed by atoms with Crippen LogP contribution in [0.25, 0.3) is 0 Å². The summed E-state index contributed by atoms with van der Waals surface area (Å²) in [7, 11) is 1.59. The lowest BCUT2D eigenvalue weighted by Gasteiger charge is -2.16. The number of ether oxygens (including phenoxy) is 1. The average Bonchev–Trinajstić information content (AvgIpc) is 3.24. The van der Waals surface area contributed by atoms with E-state index in [0.29, 0.717) is 18.8 Å². The minimum atomic E-state index is -0.872. The molecule has 8 nitrogen and oxygen atoms in total. The molecule has 3 rings (SSSR count). The summed E-state index contributed by atoms with van der Waals surface area (Å²) in [4.78, 5) is 25.5. The maximum absolute atomic E-state index is 12.6. The van der Waals surface area contributed by atoms with Crippen LogP contribution in [-0.2, 0) is 16.0 Å². The first-order valence-corrected chi connectivity index (χ1v) is 8.05. The third-order valence-electron chi connectivity index (χ3n) is 4.56. The largest absolute Gasteiger partial charge is 0.497 e. The van der Waals surface area contributed by atoms with Crippen LogP contribution in [0.4, 0.5) is 0 Å². The number of hydrogen-bond donors (Lipinski definition) is 2.